The topological polar surface area (TPSA) is 24.9 Å². The molecule has 0 aliphatic heterocycles. The van der Waals surface area contributed by atoms with Crippen molar-refractivity contribution in [3.63, 3.8) is 0 Å². The quantitative estimate of drug-likeness (QED) is 0.837. The Labute approximate surface area is 130 Å². The van der Waals surface area contributed by atoms with Crippen LogP contribution in [-0.2, 0) is 6.42 Å². The molecule has 0 bridgehead atoms. The number of nitrogens with one attached hydrogen (secondary N) is 1. The standard InChI is InChI=1S/C16H21ClN2S/c1-4-8-18-15(16-11(2)19-12(3)20-16)10-13-6-5-7-14(17)9-13/h5-7,9,15,18H,4,8,10H2,1-3H3. The summed E-state index contributed by atoms with van der Waals surface area (Å²) in [5.41, 5.74) is 2.40. The highest BCUT2D eigenvalue weighted by Gasteiger charge is 2.17. The predicted molar refractivity (Wildman–Crippen MR) is 87.8 cm³/mol. The lowest BCUT2D eigenvalue weighted by Crippen LogP contribution is -2.24. The lowest BCUT2D eigenvalue weighted by Gasteiger charge is -2.18. The van der Waals surface area contributed by atoms with Gasteiger partial charge in [-0.15, -0.1) is 11.3 Å². The van der Waals surface area contributed by atoms with Crippen LogP contribution in [0.15, 0.2) is 24.3 Å². The number of benzene rings is 1. The molecule has 20 heavy (non-hydrogen) atoms. The van der Waals surface area contributed by atoms with E-state index >= 15 is 0 Å². The monoisotopic (exact) mass is 308 g/mol. The molecule has 1 heterocycles. The van der Waals surface area contributed by atoms with E-state index in [1.165, 1.54) is 10.4 Å². The second kappa shape index (κ2) is 7.21. The maximum Gasteiger partial charge on any atom is 0.0900 e. The van der Waals surface area contributed by atoms with Gasteiger partial charge in [0.15, 0.2) is 0 Å². The van der Waals surface area contributed by atoms with E-state index in [4.69, 9.17) is 11.6 Å². The fourth-order valence-corrected chi connectivity index (χ4v) is 3.56. The molecule has 4 heteroatoms. The van der Waals surface area contributed by atoms with Crippen molar-refractivity contribution in [2.75, 3.05) is 6.54 Å². The molecule has 0 radical (unpaired) electrons. The van der Waals surface area contributed by atoms with Gasteiger partial charge in [0.25, 0.3) is 0 Å². The number of aromatic nitrogens is 1. The third kappa shape index (κ3) is 4.05. The summed E-state index contributed by atoms with van der Waals surface area (Å²) in [4.78, 5) is 5.90. The number of hydrogen-bond donors (Lipinski definition) is 1. The second-order valence-corrected chi connectivity index (χ2v) is 6.69. The molecule has 2 aromatic rings. The normalized spacial score (nSPS) is 12.6. The van der Waals surface area contributed by atoms with Crippen molar-refractivity contribution in [3.05, 3.63) is 50.4 Å². The molecule has 0 fully saturated rings. The maximum atomic E-state index is 6.08. The number of rotatable bonds is 6. The summed E-state index contributed by atoms with van der Waals surface area (Å²) >= 11 is 7.87. The molecule has 1 aromatic heterocycles. The minimum absolute atomic E-state index is 0.319. The van der Waals surface area contributed by atoms with Crippen molar-refractivity contribution >= 4 is 22.9 Å². The van der Waals surface area contributed by atoms with Crippen molar-refractivity contribution in [2.24, 2.45) is 0 Å². The number of nitrogens with zero attached hydrogens (tertiary/aromatic N) is 1. The first-order valence-electron chi connectivity index (χ1n) is 7.02. The molecule has 0 amide bonds. The van der Waals surface area contributed by atoms with E-state index in [1.807, 2.05) is 18.2 Å². The van der Waals surface area contributed by atoms with Gasteiger partial charge in [0.1, 0.15) is 0 Å². The Balaban J connectivity index is 2.21. The average molecular weight is 309 g/mol. The Morgan fingerprint density at radius 3 is 2.75 bits per heavy atom. The molecule has 1 atom stereocenters. The fraction of sp³-hybridized carbons (Fsp3) is 0.438. The fourth-order valence-electron chi connectivity index (χ4n) is 2.35. The summed E-state index contributed by atoms with van der Waals surface area (Å²) in [7, 11) is 0. The van der Waals surface area contributed by atoms with Crippen LogP contribution >= 0.6 is 22.9 Å². The van der Waals surface area contributed by atoms with E-state index in [0.29, 0.717) is 6.04 Å². The van der Waals surface area contributed by atoms with Crippen LogP contribution in [0.3, 0.4) is 0 Å². The van der Waals surface area contributed by atoms with Gasteiger partial charge >= 0.3 is 0 Å². The van der Waals surface area contributed by atoms with Gasteiger partial charge in [-0.25, -0.2) is 4.98 Å². The van der Waals surface area contributed by atoms with Crippen LogP contribution in [0.25, 0.3) is 0 Å². The zero-order valence-electron chi connectivity index (χ0n) is 12.2. The van der Waals surface area contributed by atoms with Gasteiger partial charge < -0.3 is 5.32 Å². The van der Waals surface area contributed by atoms with Gasteiger partial charge in [-0.05, 0) is 50.9 Å². The number of hydrogen-bond acceptors (Lipinski definition) is 3. The highest BCUT2D eigenvalue weighted by atomic mass is 35.5. The zero-order chi connectivity index (χ0) is 14.5. The molecule has 108 valence electrons. The predicted octanol–water partition coefficient (Wildman–Crippen LogP) is 4.70. The van der Waals surface area contributed by atoms with E-state index in [2.05, 4.69) is 37.1 Å². The largest absolute Gasteiger partial charge is 0.309 e. The van der Waals surface area contributed by atoms with Gasteiger partial charge in [0, 0.05) is 15.9 Å². The molecule has 0 aliphatic rings. The summed E-state index contributed by atoms with van der Waals surface area (Å²) in [5, 5.41) is 5.57. The second-order valence-electron chi connectivity index (χ2n) is 5.02. The maximum absolute atomic E-state index is 6.08. The Kier molecular flexibility index (Phi) is 5.58. The van der Waals surface area contributed by atoms with Gasteiger partial charge in [-0.1, -0.05) is 30.7 Å². The van der Waals surface area contributed by atoms with E-state index < -0.39 is 0 Å². The molecule has 2 nitrogen and oxygen atoms in total. The van der Waals surface area contributed by atoms with Gasteiger partial charge in [0.2, 0.25) is 0 Å². The van der Waals surface area contributed by atoms with Crippen molar-refractivity contribution < 1.29 is 0 Å². The smallest absolute Gasteiger partial charge is 0.0900 e. The third-order valence-corrected chi connectivity index (χ3v) is 4.65. The molecule has 0 saturated heterocycles. The van der Waals surface area contributed by atoms with Crippen LogP contribution in [0.5, 0.6) is 0 Å². The molecule has 0 saturated carbocycles. The first-order chi connectivity index (χ1) is 9.60. The van der Waals surface area contributed by atoms with Crippen molar-refractivity contribution in [3.8, 4) is 0 Å². The number of aryl methyl sites for hydroxylation is 2. The van der Waals surface area contributed by atoms with Crippen molar-refractivity contribution in [2.45, 2.75) is 39.7 Å². The molecule has 2 rings (SSSR count). The third-order valence-electron chi connectivity index (χ3n) is 3.23. The van der Waals surface area contributed by atoms with Crippen LogP contribution in [0.4, 0.5) is 0 Å². The first-order valence-corrected chi connectivity index (χ1v) is 8.21. The number of halogens is 1. The molecule has 1 N–H and O–H groups in total. The highest BCUT2D eigenvalue weighted by molar-refractivity contribution is 7.11. The Hall–Kier alpha value is -0.900. The van der Waals surface area contributed by atoms with E-state index in [9.17, 15) is 0 Å². The van der Waals surface area contributed by atoms with Gasteiger partial charge in [-0.2, -0.15) is 0 Å². The molecule has 0 aliphatic carbocycles. The summed E-state index contributed by atoms with van der Waals surface area (Å²) in [5.74, 6) is 0. The lowest BCUT2D eigenvalue weighted by molar-refractivity contribution is 0.534. The summed E-state index contributed by atoms with van der Waals surface area (Å²) in [6, 6.07) is 8.43. The Morgan fingerprint density at radius 2 is 2.15 bits per heavy atom. The number of thiazole rings is 1. The van der Waals surface area contributed by atoms with Crippen LogP contribution < -0.4 is 5.32 Å². The SMILES string of the molecule is CCCNC(Cc1cccc(Cl)c1)c1sc(C)nc1C. The lowest BCUT2D eigenvalue weighted by atomic mass is 10.0. The minimum Gasteiger partial charge on any atom is -0.309 e. The average Bonchev–Trinajstić information content (AvgIpc) is 2.73. The molecular formula is C16H21ClN2S. The summed E-state index contributed by atoms with van der Waals surface area (Å²) in [6.07, 6.45) is 2.08. The van der Waals surface area contributed by atoms with Crippen molar-refractivity contribution in [1.82, 2.24) is 10.3 Å². The van der Waals surface area contributed by atoms with Crippen LogP contribution in [0.1, 0.15) is 40.5 Å². The molecule has 0 spiro atoms. The van der Waals surface area contributed by atoms with Gasteiger partial charge in [0.05, 0.1) is 10.7 Å². The Morgan fingerprint density at radius 1 is 1.35 bits per heavy atom. The highest BCUT2D eigenvalue weighted by Crippen LogP contribution is 2.28. The van der Waals surface area contributed by atoms with Crippen LogP contribution in [-0.4, -0.2) is 11.5 Å². The molecular weight excluding hydrogens is 288 g/mol. The summed E-state index contributed by atoms with van der Waals surface area (Å²) in [6.45, 7) is 7.37. The van der Waals surface area contributed by atoms with Gasteiger partial charge in [-0.3, -0.25) is 0 Å². The van der Waals surface area contributed by atoms with Crippen LogP contribution in [0.2, 0.25) is 5.02 Å². The Bertz CT molecular complexity index is 565. The van der Waals surface area contributed by atoms with E-state index in [1.54, 1.807) is 11.3 Å². The molecule has 1 unspecified atom stereocenters. The van der Waals surface area contributed by atoms with E-state index in [-0.39, 0.29) is 0 Å². The summed E-state index contributed by atoms with van der Waals surface area (Å²) < 4.78 is 0. The van der Waals surface area contributed by atoms with E-state index in [0.717, 1.165) is 35.1 Å². The minimum atomic E-state index is 0.319. The molecule has 1 aromatic carbocycles. The zero-order valence-corrected chi connectivity index (χ0v) is 13.8. The van der Waals surface area contributed by atoms with Crippen molar-refractivity contribution in [1.29, 1.82) is 0 Å². The van der Waals surface area contributed by atoms with Crippen LogP contribution in [0, 0.1) is 13.8 Å². The first kappa shape index (κ1) is 15.5.